The Morgan fingerprint density at radius 3 is 1.85 bits per heavy atom. The molecule has 13 heteroatoms. The van der Waals surface area contributed by atoms with E-state index in [2.05, 4.69) is 30.4 Å². The lowest BCUT2D eigenvalue weighted by molar-refractivity contribution is -0.143. The minimum atomic E-state index is -5.09. The van der Waals surface area contributed by atoms with Crippen molar-refractivity contribution in [1.29, 1.82) is 0 Å². The Balaban J connectivity index is 1.92. The number of aliphatic carboxylic acids is 1. The number of alkyl halides is 6. The molecule has 3 amide bonds. The van der Waals surface area contributed by atoms with Crippen molar-refractivity contribution in [2.75, 3.05) is 11.9 Å². The fourth-order valence-electron chi connectivity index (χ4n) is 6.35. The SMILES string of the molecule is C=CC(C(=C)C)(C(=C)C)C1CCC(N(Cc2ccc(C(=O)NCCC(=O)O)cc2)C(=O)Nc2cc(C(F)(F)F)cc(C(F)(F)F)c2)CC1. The van der Waals surface area contributed by atoms with Crippen molar-refractivity contribution in [3.05, 3.63) is 102 Å². The van der Waals surface area contributed by atoms with E-state index in [0.717, 1.165) is 11.1 Å². The van der Waals surface area contributed by atoms with E-state index in [1.807, 2.05) is 19.9 Å². The summed E-state index contributed by atoms with van der Waals surface area (Å²) in [6, 6.07) is 5.64. The van der Waals surface area contributed by atoms with Gasteiger partial charge in [0.15, 0.2) is 0 Å². The monoisotopic (exact) mass is 679 g/mol. The third kappa shape index (κ3) is 9.07. The zero-order valence-electron chi connectivity index (χ0n) is 26.7. The Kier molecular flexibility index (Phi) is 11.9. The topological polar surface area (TPSA) is 98.7 Å². The standard InChI is InChI=1S/C35H39F6N3O4/c1-6-33(21(2)3,22(4)5)25-11-13-29(14-12-25)44(20-23-7-9-24(10-8-23)31(47)42-16-15-30(45)46)32(48)43-28-18-26(34(36,37)38)17-27(19-28)35(39,40)41/h6-10,17-19,25,29H,1-2,4,11-16,20H2,3,5H3,(H,42,47)(H,43,48)(H,45,46). The van der Waals surface area contributed by atoms with E-state index in [4.69, 9.17) is 5.11 Å². The van der Waals surface area contributed by atoms with Gasteiger partial charge in [-0.1, -0.05) is 42.5 Å². The molecule has 0 unspecified atom stereocenters. The molecule has 0 aliphatic heterocycles. The number of nitrogens with one attached hydrogen (secondary N) is 2. The second-order valence-corrected chi connectivity index (χ2v) is 12.1. The van der Waals surface area contributed by atoms with E-state index in [0.29, 0.717) is 43.4 Å². The molecule has 2 aromatic carbocycles. The average molecular weight is 680 g/mol. The molecule has 1 aliphatic carbocycles. The minimum Gasteiger partial charge on any atom is -0.481 e. The Bertz CT molecular complexity index is 1490. The van der Waals surface area contributed by atoms with Crippen LogP contribution in [0.25, 0.3) is 0 Å². The summed E-state index contributed by atoms with van der Waals surface area (Å²) in [5.74, 6) is -1.53. The van der Waals surface area contributed by atoms with Crippen molar-refractivity contribution < 1.29 is 45.8 Å². The summed E-state index contributed by atoms with van der Waals surface area (Å²) < 4.78 is 81.1. The number of amides is 3. The molecular formula is C35H39F6N3O4. The second kappa shape index (κ2) is 15.1. The molecule has 2 aromatic rings. The molecule has 0 spiro atoms. The van der Waals surface area contributed by atoms with Crippen LogP contribution in [0.3, 0.4) is 0 Å². The van der Waals surface area contributed by atoms with Crippen molar-refractivity contribution in [2.24, 2.45) is 11.3 Å². The van der Waals surface area contributed by atoms with Crippen LogP contribution in [0, 0.1) is 11.3 Å². The van der Waals surface area contributed by atoms with Gasteiger partial charge in [0.2, 0.25) is 0 Å². The highest BCUT2D eigenvalue weighted by Crippen LogP contribution is 2.49. The summed E-state index contributed by atoms with van der Waals surface area (Å²) in [6.07, 6.45) is -6.48. The van der Waals surface area contributed by atoms with Gasteiger partial charge in [-0.2, -0.15) is 26.3 Å². The van der Waals surface area contributed by atoms with E-state index in [1.54, 1.807) is 12.1 Å². The number of halogens is 6. The number of urea groups is 1. The first-order chi connectivity index (χ1) is 22.3. The minimum absolute atomic E-state index is 0.0108. The second-order valence-electron chi connectivity index (χ2n) is 12.1. The number of hydrogen-bond donors (Lipinski definition) is 3. The summed E-state index contributed by atoms with van der Waals surface area (Å²) >= 11 is 0. The summed E-state index contributed by atoms with van der Waals surface area (Å²) in [7, 11) is 0. The van der Waals surface area contributed by atoms with Crippen molar-refractivity contribution in [3.8, 4) is 0 Å². The maximum atomic E-state index is 13.7. The highest BCUT2D eigenvalue weighted by atomic mass is 19.4. The Morgan fingerprint density at radius 2 is 1.42 bits per heavy atom. The Labute approximate surface area is 275 Å². The fourth-order valence-corrected chi connectivity index (χ4v) is 6.35. The molecule has 0 heterocycles. The van der Waals surface area contributed by atoms with E-state index < -0.39 is 58.5 Å². The number of nitrogens with zero attached hydrogens (tertiary/aromatic N) is 1. The Morgan fingerprint density at radius 1 is 0.896 bits per heavy atom. The zero-order valence-corrected chi connectivity index (χ0v) is 26.7. The first-order valence-corrected chi connectivity index (χ1v) is 15.2. The number of allylic oxidation sites excluding steroid dienone is 3. The quantitative estimate of drug-likeness (QED) is 0.154. The number of anilines is 1. The lowest BCUT2D eigenvalue weighted by Gasteiger charge is -2.45. The predicted octanol–water partition coefficient (Wildman–Crippen LogP) is 8.85. The molecule has 48 heavy (non-hydrogen) atoms. The van der Waals surface area contributed by atoms with Gasteiger partial charge >= 0.3 is 24.4 Å². The van der Waals surface area contributed by atoms with Gasteiger partial charge in [0, 0.05) is 35.8 Å². The fraction of sp³-hybridized carbons (Fsp3) is 0.400. The van der Waals surface area contributed by atoms with E-state index >= 15 is 0 Å². The number of carboxylic acids is 1. The number of carboxylic acid groups (broad SMARTS) is 1. The van der Waals surface area contributed by atoms with Crippen molar-refractivity contribution >= 4 is 23.6 Å². The molecule has 1 saturated carbocycles. The van der Waals surface area contributed by atoms with E-state index in [9.17, 15) is 40.7 Å². The molecule has 0 atom stereocenters. The van der Waals surface area contributed by atoms with Crippen molar-refractivity contribution in [2.45, 2.75) is 70.9 Å². The highest BCUT2D eigenvalue weighted by Gasteiger charge is 2.42. The normalized spacial score (nSPS) is 16.8. The first-order valence-electron chi connectivity index (χ1n) is 15.2. The van der Waals surface area contributed by atoms with Crippen LogP contribution in [0.1, 0.15) is 73.0 Å². The van der Waals surface area contributed by atoms with Crippen LogP contribution in [0.4, 0.5) is 36.8 Å². The molecule has 0 aromatic heterocycles. The molecule has 0 bridgehead atoms. The number of rotatable bonds is 12. The Hall–Kier alpha value is -4.55. The molecule has 0 saturated heterocycles. The van der Waals surface area contributed by atoms with E-state index in [-0.39, 0.29) is 37.1 Å². The maximum Gasteiger partial charge on any atom is 0.416 e. The molecule has 3 N–H and O–H groups in total. The highest BCUT2D eigenvalue weighted by molar-refractivity contribution is 5.94. The van der Waals surface area contributed by atoms with Crippen molar-refractivity contribution in [1.82, 2.24) is 10.2 Å². The van der Waals surface area contributed by atoms with Crippen LogP contribution in [-0.4, -0.2) is 40.5 Å². The lowest BCUT2D eigenvalue weighted by atomic mass is 9.61. The van der Waals surface area contributed by atoms with Crippen LogP contribution in [0.2, 0.25) is 0 Å². The number of benzene rings is 2. The lowest BCUT2D eigenvalue weighted by Crippen LogP contribution is -2.46. The number of carbonyl (C=O) groups is 3. The third-order valence-corrected chi connectivity index (χ3v) is 8.81. The van der Waals surface area contributed by atoms with Gasteiger partial charge in [-0.15, -0.1) is 6.58 Å². The smallest absolute Gasteiger partial charge is 0.416 e. The molecule has 1 fully saturated rings. The van der Waals surface area contributed by atoms with Crippen molar-refractivity contribution in [3.63, 3.8) is 0 Å². The summed E-state index contributed by atoms with van der Waals surface area (Å²) in [5, 5.41) is 13.5. The number of carbonyl (C=O) groups excluding carboxylic acids is 2. The van der Waals surface area contributed by atoms with Crippen LogP contribution in [0.15, 0.2) is 79.4 Å². The van der Waals surface area contributed by atoms with Crippen LogP contribution in [0.5, 0.6) is 0 Å². The largest absolute Gasteiger partial charge is 0.481 e. The summed E-state index contributed by atoms with van der Waals surface area (Å²) in [4.78, 5) is 38.2. The molecule has 0 radical (unpaired) electrons. The first kappa shape index (κ1) is 37.9. The molecule has 1 aliphatic rings. The van der Waals surface area contributed by atoms with Gasteiger partial charge in [-0.25, -0.2) is 4.79 Å². The summed E-state index contributed by atoms with van der Waals surface area (Å²) in [6.45, 7) is 16.0. The van der Waals surface area contributed by atoms with Gasteiger partial charge < -0.3 is 20.6 Å². The van der Waals surface area contributed by atoms with Crippen LogP contribution in [-0.2, 0) is 23.7 Å². The van der Waals surface area contributed by atoms with Gasteiger partial charge in [0.05, 0.1) is 17.5 Å². The van der Waals surface area contributed by atoms with Gasteiger partial charge in [0.25, 0.3) is 5.91 Å². The average Bonchev–Trinajstić information content (AvgIpc) is 2.99. The third-order valence-electron chi connectivity index (χ3n) is 8.81. The zero-order chi connectivity index (χ0) is 36.0. The summed E-state index contributed by atoms with van der Waals surface area (Å²) in [5.41, 5.74) is -1.84. The molecule has 7 nitrogen and oxygen atoms in total. The molecular weight excluding hydrogens is 640 g/mol. The predicted molar refractivity (Wildman–Crippen MR) is 170 cm³/mol. The van der Waals surface area contributed by atoms with Gasteiger partial charge in [0.1, 0.15) is 0 Å². The molecule has 260 valence electrons. The molecule has 3 rings (SSSR count). The number of hydrogen-bond acceptors (Lipinski definition) is 3. The van der Waals surface area contributed by atoms with Crippen LogP contribution < -0.4 is 10.6 Å². The van der Waals surface area contributed by atoms with Crippen LogP contribution >= 0.6 is 0 Å². The maximum absolute atomic E-state index is 13.7. The van der Waals surface area contributed by atoms with Gasteiger partial charge in [-0.3, -0.25) is 9.59 Å². The van der Waals surface area contributed by atoms with E-state index in [1.165, 1.54) is 17.0 Å². The van der Waals surface area contributed by atoms with Gasteiger partial charge in [-0.05, 0) is 81.3 Å².